The summed E-state index contributed by atoms with van der Waals surface area (Å²) >= 11 is 0. The van der Waals surface area contributed by atoms with Crippen LogP contribution in [0, 0.1) is 0 Å². The summed E-state index contributed by atoms with van der Waals surface area (Å²) < 4.78 is 2.71. The Hall–Kier alpha value is -0.530. The van der Waals surface area contributed by atoms with E-state index in [0.29, 0.717) is 0 Å². The molecular formula is C23H45N2+. The first kappa shape index (κ1) is 20.8. The third-order valence-electron chi connectivity index (χ3n) is 6.20. The second-order valence-electron chi connectivity index (χ2n) is 8.44. The fraction of sp³-hybridized carbons (Fsp3) is 0.957. The van der Waals surface area contributed by atoms with E-state index >= 15 is 0 Å². The van der Waals surface area contributed by atoms with Crippen LogP contribution in [-0.4, -0.2) is 41.5 Å². The molecule has 0 unspecified atom stereocenters. The normalized spacial score (nSPS) is 18.8. The average Bonchev–Trinajstić information content (AvgIpc) is 3.10. The van der Waals surface area contributed by atoms with Crippen molar-refractivity contribution in [3.8, 4) is 0 Å². The lowest BCUT2D eigenvalue weighted by molar-refractivity contribution is -0.524. The van der Waals surface area contributed by atoms with Gasteiger partial charge in [0, 0.05) is 0 Å². The molecule has 0 spiro atoms. The predicted octanol–water partition coefficient (Wildman–Crippen LogP) is 6.38. The highest BCUT2D eigenvalue weighted by molar-refractivity contribution is 5.78. The van der Waals surface area contributed by atoms with Crippen LogP contribution in [0.25, 0.3) is 0 Å². The van der Waals surface area contributed by atoms with Crippen LogP contribution in [0.3, 0.4) is 0 Å². The molecule has 0 aromatic heterocycles. The lowest BCUT2D eigenvalue weighted by atomic mass is 10.1. The van der Waals surface area contributed by atoms with Gasteiger partial charge in [-0.3, -0.25) is 9.48 Å². The van der Waals surface area contributed by atoms with Gasteiger partial charge in [-0.05, 0) is 44.9 Å². The van der Waals surface area contributed by atoms with Crippen LogP contribution in [-0.2, 0) is 0 Å². The number of rotatable bonds is 12. The van der Waals surface area contributed by atoms with Gasteiger partial charge in [-0.1, -0.05) is 64.7 Å². The van der Waals surface area contributed by atoms with Crippen LogP contribution in [0.2, 0.25) is 0 Å². The molecule has 0 saturated heterocycles. The topological polar surface area (TPSA) is 6.25 Å². The molecule has 2 rings (SSSR count). The van der Waals surface area contributed by atoms with E-state index in [1.165, 1.54) is 135 Å². The Morgan fingerprint density at radius 2 is 1.28 bits per heavy atom. The van der Waals surface area contributed by atoms with Crippen molar-refractivity contribution >= 4 is 5.84 Å². The van der Waals surface area contributed by atoms with Gasteiger partial charge in [-0.25, -0.2) is 0 Å². The zero-order valence-corrected chi connectivity index (χ0v) is 17.2. The first-order valence-corrected chi connectivity index (χ1v) is 11.8. The highest BCUT2D eigenvalue weighted by Gasteiger charge is 2.27. The third kappa shape index (κ3) is 8.60. The molecular weight excluding hydrogens is 304 g/mol. The van der Waals surface area contributed by atoms with E-state index in [4.69, 9.17) is 0 Å². The Morgan fingerprint density at radius 3 is 2.00 bits per heavy atom. The van der Waals surface area contributed by atoms with E-state index in [1.54, 1.807) is 5.84 Å². The van der Waals surface area contributed by atoms with Gasteiger partial charge in [0.2, 0.25) is 5.84 Å². The van der Waals surface area contributed by atoms with Gasteiger partial charge in [-0.15, -0.1) is 0 Å². The molecule has 2 heteroatoms. The van der Waals surface area contributed by atoms with Crippen molar-refractivity contribution in [3.63, 3.8) is 0 Å². The van der Waals surface area contributed by atoms with Gasteiger partial charge >= 0.3 is 0 Å². The summed E-state index contributed by atoms with van der Waals surface area (Å²) in [4.78, 5) is 2.77. The zero-order valence-electron chi connectivity index (χ0n) is 17.2. The Morgan fingerprint density at radius 1 is 0.680 bits per heavy atom. The van der Waals surface area contributed by atoms with Gasteiger partial charge in [0.25, 0.3) is 0 Å². The maximum Gasteiger partial charge on any atom is 0.246 e. The molecule has 0 aromatic carbocycles. The van der Waals surface area contributed by atoms with Gasteiger partial charge in [-0.2, -0.15) is 0 Å². The Labute approximate surface area is 158 Å². The second kappa shape index (κ2) is 13.6. The molecule has 0 aromatic rings. The maximum absolute atomic E-state index is 2.77. The van der Waals surface area contributed by atoms with Gasteiger partial charge in [0.05, 0.1) is 32.6 Å². The molecule has 25 heavy (non-hydrogen) atoms. The molecule has 2 aliphatic heterocycles. The van der Waals surface area contributed by atoms with Gasteiger partial charge in [0.15, 0.2) is 0 Å². The number of hydrogen-bond acceptors (Lipinski definition) is 1. The smallest absolute Gasteiger partial charge is 0.246 e. The minimum atomic E-state index is 1.32. The predicted molar refractivity (Wildman–Crippen MR) is 111 cm³/mol. The highest BCUT2D eigenvalue weighted by Crippen LogP contribution is 2.16. The van der Waals surface area contributed by atoms with E-state index in [1.807, 2.05) is 0 Å². The van der Waals surface area contributed by atoms with Crippen LogP contribution in [0.4, 0.5) is 0 Å². The van der Waals surface area contributed by atoms with Crippen LogP contribution in [0.15, 0.2) is 0 Å². The van der Waals surface area contributed by atoms with Crippen LogP contribution >= 0.6 is 0 Å². The van der Waals surface area contributed by atoms with E-state index < -0.39 is 0 Å². The summed E-state index contributed by atoms with van der Waals surface area (Å²) in [5, 5.41) is 0. The summed E-state index contributed by atoms with van der Waals surface area (Å²) in [7, 11) is 0. The SMILES string of the molecule is CCCCCCCCCCCCCN1CCCCCC[N+]2=C1CCC2. The Kier molecular flexibility index (Phi) is 11.3. The maximum atomic E-state index is 2.77. The Bertz CT molecular complexity index is 361. The molecule has 0 amide bonds. The molecule has 0 bridgehead atoms. The molecule has 0 fully saturated rings. The number of unbranched alkanes of at least 4 members (excludes halogenated alkanes) is 10. The quantitative estimate of drug-likeness (QED) is 0.293. The lowest BCUT2D eigenvalue weighted by Crippen LogP contribution is -2.36. The second-order valence-corrected chi connectivity index (χ2v) is 8.44. The fourth-order valence-electron chi connectivity index (χ4n) is 4.61. The minimum absolute atomic E-state index is 1.32. The summed E-state index contributed by atoms with van der Waals surface area (Å²) in [5.74, 6) is 1.70. The van der Waals surface area contributed by atoms with Crippen molar-refractivity contribution in [1.29, 1.82) is 0 Å². The third-order valence-corrected chi connectivity index (χ3v) is 6.20. The molecule has 2 aliphatic rings. The molecule has 0 saturated carbocycles. The highest BCUT2D eigenvalue weighted by atomic mass is 15.2. The van der Waals surface area contributed by atoms with E-state index in [9.17, 15) is 0 Å². The number of nitrogens with zero attached hydrogens (tertiary/aromatic N) is 2. The standard InChI is InChI=1S/C23H45N2/c1-2-3-4-5-6-7-8-9-10-11-14-19-24-20-15-12-13-16-21-25-22-17-18-23(24)25/h2-22H2,1H3/q+1. The molecule has 0 N–H and O–H groups in total. The molecule has 146 valence electrons. The largest absolute Gasteiger partial charge is 0.266 e. The Balaban J connectivity index is 1.52. The van der Waals surface area contributed by atoms with Crippen molar-refractivity contribution in [2.24, 2.45) is 0 Å². The van der Waals surface area contributed by atoms with Crippen LogP contribution in [0.1, 0.15) is 116 Å². The minimum Gasteiger partial charge on any atom is -0.266 e. The van der Waals surface area contributed by atoms with E-state index in [2.05, 4.69) is 16.4 Å². The lowest BCUT2D eigenvalue weighted by Gasteiger charge is -2.18. The first-order valence-electron chi connectivity index (χ1n) is 11.8. The summed E-state index contributed by atoms with van der Waals surface area (Å²) in [6.45, 7) is 7.60. The number of amidine groups is 1. The van der Waals surface area contributed by atoms with Crippen molar-refractivity contribution in [2.45, 2.75) is 116 Å². The molecule has 0 radical (unpaired) electrons. The summed E-state index contributed by atoms with van der Waals surface area (Å²) in [6.07, 6.45) is 24.4. The van der Waals surface area contributed by atoms with Crippen LogP contribution in [0.5, 0.6) is 0 Å². The average molecular weight is 350 g/mol. The van der Waals surface area contributed by atoms with E-state index in [0.717, 1.165) is 0 Å². The first-order chi connectivity index (χ1) is 12.4. The van der Waals surface area contributed by atoms with Crippen molar-refractivity contribution in [1.82, 2.24) is 4.90 Å². The van der Waals surface area contributed by atoms with Crippen molar-refractivity contribution in [3.05, 3.63) is 0 Å². The zero-order chi connectivity index (χ0) is 17.6. The van der Waals surface area contributed by atoms with Gasteiger partial charge < -0.3 is 0 Å². The molecule has 2 nitrogen and oxygen atoms in total. The van der Waals surface area contributed by atoms with Crippen molar-refractivity contribution < 1.29 is 4.58 Å². The molecule has 0 atom stereocenters. The van der Waals surface area contributed by atoms with Gasteiger partial charge in [0.1, 0.15) is 0 Å². The molecule has 0 aliphatic carbocycles. The van der Waals surface area contributed by atoms with Crippen molar-refractivity contribution in [2.75, 3.05) is 26.2 Å². The monoisotopic (exact) mass is 349 g/mol. The molecule has 2 heterocycles. The van der Waals surface area contributed by atoms with E-state index in [-0.39, 0.29) is 0 Å². The number of hydrogen-bond donors (Lipinski definition) is 0. The fourth-order valence-corrected chi connectivity index (χ4v) is 4.61. The summed E-state index contributed by atoms with van der Waals surface area (Å²) in [5.41, 5.74) is 0. The van der Waals surface area contributed by atoms with Crippen LogP contribution < -0.4 is 0 Å². The summed E-state index contributed by atoms with van der Waals surface area (Å²) in [6, 6.07) is 0.